The number of hydrogen-bond donors (Lipinski definition) is 1. The molecule has 0 amide bonds. The van der Waals surface area contributed by atoms with E-state index < -0.39 is 0 Å². The average molecular weight is 251 g/mol. The third-order valence-corrected chi connectivity index (χ3v) is 3.66. The van der Waals surface area contributed by atoms with Gasteiger partial charge in [-0.25, -0.2) is 4.39 Å². The molecule has 0 radical (unpaired) electrons. The molecule has 0 aromatic heterocycles. The molecule has 1 aliphatic rings. The number of nitrogens with one attached hydrogen (secondary N) is 1. The van der Waals surface area contributed by atoms with Crippen LogP contribution in [0.3, 0.4) is 0 Å². The fourth-order valence-electron chi connectivity index (χ4n) is 2.28. The molecule has 3 nitrogen and oxygen atoms in total. The van der Waals surface area contributed by atoms with E-state index >= 15 is 0 Å². The van der Waals surface area contributed by atoms with Gasteiger partial charge in [-0.15, -0.1) is 0 Å². The Morgan fingerprint density at radius 2 is 2.11 bits per heavy atom. The van der Waals surface area contributed by atoms with Gasteiger partial charge in [-0.3, -0.25) is 4.90 Å². The Morgan fingerprint density at radius 1 is 1.33 bits per heavy atom. The van der Waals surface area contributed by atoms with E-state index in [1.807, 2.05) is 6.07 Å². The van der Waals surface area contributed by atoms with Crippen LogP contribution in [0.15, 0.2) is 24.3 Å². The van der Waals surface area contributed by atoms with Gasteiger partial charge in [0.15, 0.2) is 0 Å². The van der Waals surface area contributed by atoms with E-state index in [1.54, 1.807) is 12.1 Å². The van der Waals surface area contributed by atoms with E-state index in [9.17, 15) is 4.39 Å². The molecule has 0 saturated carbocycles. The summed E-state index contributed by atoms with van der Waals surface area (Å²) in [4.78, 5) is 4.80. The van der Waals surface area contributed by atoms with Gasteiger partial charge in [-0.05, 0) is 26.1 Å². The van der Waals surface area contributed by atoms with Gasteiger partial charge in [0.25, 0.3) is 0 Å². The number of piperazine rings is 1. The molecule has 0 spiro atoms. The molecular formula is C14H22FN3. The summed E-state index contributed by atoms with van der Waals surface area (Å²) in [5, 5.41) is 3.16. The molecule has 1 aromatic carbocycles. The summed E-state index contributed by atoms with van der Waals surface area (Å²) in [5.41, 5.74) is 0.597. The summed E-state index contributed by atoms with van der Waals surface area (Å²) in [5.74, 6) is -0.177. The van der Waals surface area contributed by atoms with Gasteiger partial charge in [-0.1, -0.05) is 12.1 Å². The molecule has 4 heteroatoms. The highest BCUT2D eigenvalue weighted by Crippen LogP contribution is 2.12. The zero-order valence-corrected chi connectivity index (χ0v) is 11.2. The molecule has 1 fully saturated rings. The number of likely N-dealkylation sites (N-methyl/N-ethyl adjacent to an activating group) is 1. The fraction of sp³-hybridized carbons (Fsp3) is 0.571. The van der Waals surface area contributed by atoms with Crippen molar-refractivity contribution in [3.63, 3.8) is 0 Å². The van der Waals surface area contributed by atoms with Crippen molar-refractivity contribution in [3.05, 3.63) is 30.1 Å². The lowest BCUT2D eigenvalue weighted by Gasteiger charge is -2.37. The smallest absolute Gasteiger partial charge is 0.146 e. The van der Waals surface area contributed by atoms with E-state index in [1.165, 1.54) is 6.07 Å². The van der Waals surface area contributed by atoms with Crippen molar-refractivity contribution < 1.29 is 4.39 Å². The highest BCUT2D eigenvalue weighted by atomic mass is 19.1. The first kappa shape index (κ1) is 13.3. The molecule has 0 aliphatic carbocycles. The molecule has 0 bridgehead atoms. The lowest BCUT2D eigenvalue weighted by Crippen LogP contribution is -2.50. The first-order valence-corrected chi connectivity index (χ1v) is 6.58. The molecule has 1 heterocycles. The Labute approximate surface area is 109 Å². The van der Waals surface area contributed by atoms with Gasteiger partial charge in [-0.2, -0.15) is 0 Å². The fourth-order valence-corrected chi connectivity index (χ4v) is 2.28. The predicted octanol–water partition coefficient (Wildman–Crippen LogP) is 1.87. The van der Waals surface area contributed by atoms with Crippen LogP contribution < -0.4 is 5.32 Å². The molecule has 2 rings (SSSR count). The highest BCUT2D eigenvalue weighted by molar-refractivity contribution is 5.44. The van der Waals surface area contributed by atoms with Gasteiger partial charge >= 0.3 is 0 Å². The predicted molar refractivity (Wildman–Crippen MR) is 73.4 cm³/mol. The molecule has 1 N–H and O–H groups in total. The Balaban J connectivity index is 1.74. The number of benzene rings is 1. The molecule has 100 valence electrons. The van der Waals surface area contributed by atoms with Crippen molar-refractivity contribution in [3.8, 4) is 0 Å². The van der Waals surface area contributed by atoms with Crippen LogP contribution in [-0.2, 0) is 0 Å². The third-order valence-electron chi connectivity index (χ3n) is 3.66. The van der Waals surface area contributed by atoms with E-state index in [0.717, 1.165) is 32.7 Å². The molecule has 1 aliphatic heterocycles. The van der Waals surface area contributed by atoms with Crippen LogP contribution in [0, 0.1) is 5.82 Å². The Hall–Kier alpha value is -1.13. The number of anilines is 1. The van der Waals surface area contributed by atoms with E-state index in [0.29, 0.717) is 11.7 Å². The van der Waals surface area contributed by atoms with Crippen molar-refractivity contribution in [1.82, 2.24) is 9.80 Å². The van der Waals surface area contributed by atoms with Crippen LogP contribution >= 0.6 is 0 Å². The Morgan fingerprint density at radius 3 is 2.83 bits per heavy atom. The second kappa shape index (κ2) is 6.16. The minimum Gasteiger partial charge on any atom is -0.381 e. The number of halogens is 1. The van der Waals surface area contributed by atoms with Crippen molar-refractivity contribution in [2.24, 2.45) is 0 Å². The number of hydrogen-bond acceptors (Lipinski definition) is 3. The molecule has 1 aromatic rings. The monoisotopic (exact) mass is 251 g/mol. The summed E-state index contributed by atoms with van der Waals surface area (Å²) in [6.45, 7) is 7.30. The van der Waals surface area contributed by atoms with Crippen LogP contribution in [0.5, 0.6) is 0 Å². The first-order chi connectivity index (χ1) is 8.66. The lowest BCUT2D eigenvalue weighted by molar-refractivity contribution is 0.108. The van der Waals surface area contributed by atoms with Gasteiger partial charge in [0, 0.05) is 38.8 Å². The van der Waals surface area contributed by atoms with Crippen LogP contribution in [0.2, 0.25) is 0 Å². The number of nitrogens with zero attached hydrogens (tertiary/aromatic N) is 2. The third kappa shape index (κ3) is 3.43. The number of rotatable bonds is 4. The van der Waals surface area contributed by atoms with Gasteiger partial charge in [0.2, 0.25) is 0 Å². The maximum absolute atomic E-state index is 13.4. The summed E-state index contributed by atoms with van der Waals surface area (Å²) < 4.78 is 13.4. The Bertz CT molecular complexity index is 383. The van der Waals surface area contributed by atoms with Crippen molar-refractivity contribution >= 4 is 5.69 Å². The molecule has 1 saturated heterocycles. The molecule has 18 heavy (non-hydrogen) atoms. The van der Waals surface area contributed by atoms with Gasteiger partial charge in [0.05, 0.1) is 5.69 Å². The summed E-state index contributed by atoms with van der Waals surface area (Å²) >= 11 is 0. The van der Waals surface area contributed by atoms with Crippen molar-refractivity contribution in [2.45, 2.75) is 13.0 Å². The maximum Gasteiger partial charge on any atom is 0.146 e. The maximum atomic E-state index is 13.4. The van der Waals surface area contributed by atoms with Gasteiger partial charge < -0.3 is 10.2 Å². The second-order valence-corrected chi connectivity index (χ2v) is 5.04. The SMILES string of the molecule is CC1CN(CCNc2ccccc2F)CCN1C. The Kier molecular flexibility index (Phi) is 4.55. The minimum atomic E-state index is -0.177. The largest absolute Gasteiger partial charge is 0.381 e. The van der Waals surface area contributed by atoms with Crippen molar-refractivity contribution in [2.75, 3.05) is 45.1 Å². The van der Waals surface area contributed by atoms with E-state index in [2.05, 4.69) is 29.1 Å². The molecular weight excluding hydrogens is 229 g/mol. The van der Waals surface area contributed by atoms with E-state index in [-0.39, 0.29) is 5.82 Å². The van der Waals surface area contributed by atoms with Crippen LogP contribution in [0.25, 0.3) is 0 Å². The summed E-state index contributed by atoms with van der Waals surface area (Å²) in [6.07, 6.45) is 0. The number of para-hydroxylation sites is 1. The second-order valence-electron chi connectivity index (χ2n) is 5.04. The lowest BCUT2D eigenvalue weighted by atomic mass is 10.2. The topological polar surface area (TPSA) is 18.5 Å². The zero-order chi connectivity index (χ0) is 13.0. The van der Waals surface area contributed by atoms with Crippen LogP contribution in [0.1, 0.15) is 6.92 Å². The quantitative estimate of drug-likeness (QED) is 0.881. The minimum absolute atomic E-state index is 0.177. The molecule has 1 unspecified atom stereocenters. The van der Waals surface area contributed by atoms with Crippen LogP contribution in [-0.4, -0.2) is 55.6 Å². The van der Waals surface area contributed by atoms with E-state index in [4.69, 9.17) is 0 Å². The van der Waals surface area contributed by atoms with Crippen LogP contribution in [0.4, 0.5) is 10.1 Å². The average Bonchev–Trinajstić information content (AvgIpc) is 2.36. The zero-order valence-electron chi connectivity index (χ0n) is 11.2. The van der Waals surface area contributed by atoms with Gasteiger partial charge in [0.1, 0.15) is 5.82 Å². The summed E-state index contributed by atoms with van der Waals surface area (Å²) in [7, 11) is 2.17. The summed E-state index contributed by atoms with van der Waals surface area (Å²) in [6, 6.07) is 7.43. The highest BCUT2D eigenvalue weighted by Gasteiger charge is 2.19. The van der Waals surface area contributed by atoms with Crippen molar-refractivity contribution in [1.29, 1.82) is 0 Å². The molecule has 1 atom stereocenters. The first-order valence-electron chi connectivity index (χ1n) is 6.58. The normalized spacial score (nSPS) is 22.1. The standard InChI is InChI=1S/C14H22FN3/c1-12-11-18(10-9-17(12)2)8-7-16-14-6-4-3-5-13(14)15/h3-6,12,16H,7-11H2,1-2H3.